The van der Waals surface area contributed by atoms with Crippen LogP contribution in [0.3, 0.4) is 0 Å². The molecule has 1 aromatic heterocycles. The number of nitrogens with two attached hydrogens (primary N) is 1. The number of hydrogen-bond acceptors (Lipinski definition) is 4. The largest absolute Gasteiger partial charge is 0.543 e. The molecule has 0 atom stereocenters. The molecule has 1 saturated carbocycles. The molecule has 0 unspecified atom stereocenters. The van der Waals surface area contributed by atoms with Crippen molar-refractivity contribution in [3.63, 3.8) is 0 Å². The number of carbonyl (C=O) groups excluding carboxylic acids is 1. The van der Waals surface area contributed by atoms with Gasteiger partial charge in [-0.15, -0.1) is 0 Å². The maximum absolute atomic E-state index is 11.3. The summed E-state index contributed by atoms with van der Waals surface area (Å²) < 4.78 is 23.2. The van der Waals surface area contributed by atoms with Crippen LogP contribution >= 0.6 is 0 Å². The molecule has 1 heterocycles. The molecule has 2 N–H and O–H groups in total. The summed E-state index contributed by atoms with van der Waals surface area (Å²) in [7, 11) is -4.10. The molecular weight excluding hydrogens is 256 g/mol. The normalized spacial score (nSPS) is 17.8. The van der Waals surface area contributed by atoms with E-state index in [2.05, 4.69) is 0 Å². The van der Waals surface area contributed by atoms with E-state index in [0.717, 1.165) is 32.1 Å². The highest BCUT2D eigenvalue weighted by Gasteiger charge is 2.24. The molecule has 1 aliphatic rings. The molecule has 100 valence electrons. The van der Waals surface area contributed by atoms with Crippen molar-refractivity contribution in [1.82, 2.24) is 3.97 Å². The standard InChI is InChI=1S/C11H16N2O4S/c12-18(16,17)13-7-6-9(10(13)11(14)15)8-4-2-1-3-5-8/h6-8H,1-5H2,(H,14,15)(H2,12,16,17)/p-1. The molecule has 0 aliphatic heterocycles. The summed E-state index contributed by atoms with van der Waals surface area (Å²) in [5.74, 6) is -1.43. The smallest absolute Gasteiger partial charge is 0.302 e. The molecule has 0 spiro atoms. The Bertz CT molecular complexity index is 556. The van der Waals surface area contributed by atoms with Crippen molar-refractivity contribution in [2.24, 2.45) is 5.14 Å². The Labute approximate surface area is 106 Å². The molecule has 0 radical (unpaired) electrons. The Morgan fingerprint density at radius 1 is 1.33 bits per heavy atom. The molecular formula is C11H15N2O4S-. The third kappa shape index (κ3) is 2.41. The number of nitrogens with zero attached hydrogens (tertiary/aromatic N) is 1. The zero-order valence-corrected chi connectivity index (χ0v) is 10.6. The summed E-state index contributed by atoms with van der Waals surface area (Å²) in [5, 5.41) is 16.1. The van der Waals surface area contributed by atoms with E-state index in [1.807, 2.05) is 0 Å². The van der Waals surface area contributed by atoms with Crippen LogP contribution < -0.4 is 10.2 Å². The topological polar surface area (TPSA) is 105 Å². The number of aromatic nitrogens is 1. The molecule has 0 amide bonds. The summed E-state index contributed by atoms with van der Waals surface area (Å²) >= 11 is 0. The number of carbonyl (C=O) groups is 1. The summed E-state index contributed by atoms with van der Waals surface area (Å²) in [5.41, 5.74) is 0.188. The molecule has 7 heteroatoms. The zero-order valence-electron chi connectivity index (χ0n) is 9.83. The molecule has 1 aromatic rings. The second-order valence-electron chi connectivity index (χ2n) is 4.58. The number of hydrogen-bond donors (Lipinski definition) is 1. The van der Waals surface area contributed by atoms with E-state index in [9.17, 15) is 18.3 Å². The first kappa shape index (κ1) is 13.1. The van der Waals surface area contributed by atoms with Gasteiger partial charge in [0.2, 0.25) is 0 Å². The fourth-order valence-corrected chi connectivity index (χ4v) is 3.26. The number of rotatable bonds is 3. The van der Waals surface area contributed by atoms with Crippen molar-refractivity contribution >= 4 is 16.2 Å². The lowest BCUT2D eigenvalue weighted by Gasteiger charge is -2.23. The van der Waals surface area contributed by atoms with E-state index in [1.165, 1.54) is 12.3 Å². The van der Waals surface area contributed by atoms with Crippen molar-refractivity contribution in [1.29, 1.82) is 0 Å². The highest BCUT2D eigenvalue weighted by Crippen LogP contribution is 2.34. The average molecular weight is 271 g/mol. The van der Waals surface area contributed by atoms with Crippen LogP contribution in [0.4, 0.5) is 0 Å². The highest BCUT2D eigenvalue weighted by atomic mass is 32.2. The molecule has 0 bridgehead atoms. The third-order valence-electron chi connectivity index (χ3n) is 3.40. The zero-order chi connectivity index (χ0) is 13.3. The minimum Gasteiger partial charge on any atom is -0.543 e. The first-order valence-corrected chi connectivity index (χ1v) is 7.37. The lowest BCUT2D eigenvalue weighted by Crippen LogP contribution is -2.32. The number of carboxylic acids is 1. The lowest BCUT2D eigenvalue weighted by atomic mass is 9.84. The Kier molecular flexibility index (Phi) is 3.45. The van der Waals surface area contributed by atoms with Gasteiger partial charge in [0.1, 0.15) is 0 Å². The van der Waals surface area contributed by atoms with Crippen molar-refractivity contribution in [3.8, 4) is 0 Å². The van der Waals surface area contributed by atoms with Gasteiger partial charge in [-0.25, -0.2) is 9.11 Å². The van der Waals surface area contributed by atoms with E-state index in [0.29, 0.717) is 9.54 Å². The second kappa shape index (κ2) is 4.74. The molecule has 0 aromatic carbocycles. The van der Waals surface area contributed by atoms with Crippen molar-refractivity contribution < 1.29 is 18.3 Å². The summed E-state index contributed by atoms with van der Waals surface area (Å²) in [6.07, 6.45) is 6.11. The second-order valence-corrected chi connectivity index (χ2v) is 6.01. The van der Waals surface area contributed by atoms with Crippen LogP contribution in [0, 0.1) is 0 Å². The fourth-order valence-electron chi connectivity index (χ4n) is 2.59. The Morgan fingerprint density at radius 2 is 1.94 bits per heavy atom. The number of carboxylic acid groups (broad SMARTS) is 1. The molecule has 1 fully saturated rings. The van der Waals surface area contributed by atoms with Crippen molar-refractivity contribution in [2.45, 2.75) is 38.0 Å². The quantitative estimate of drug-likeness (QED) is 0.832. The van der Waals surface area contributed by atoms with Crippen LogP contribution in [0.2, 0.25) is 0 Å². The van der Waals surface area contributed by atoms with E-state index < -0.39 is 16.2 Å². The van der Waals surface area contributed by atoms with Gasteiger partial charge >= 0.3 is 10.2 Å². The van der Waals surface area contributed by atoms with Crippen LogP contribution in [-0.2, 0) is 10.2 Å². The first-order chi connectivity index (χ1) is 8.41. The third-order valence-corrected chi connectivity index (χ3v) is 4.25. The molecule has 0 saturated heterocycles. The van der Waals surface area contributed by atoms with Gasteiger partial charge in [-0.2, -0.15) is 8.42 Å². The Hall–Kier alpha value is -1.34. The summed E-state index contributed by atoms with van der Waals surface area (Å²) in [4.78, 5) is 11.1. The monoisotopic (exact) mass is 271 g/mol. The SMILES string of the molecule is NS(=O)(=O)n1ccc(C2CCCCC2)c1C(=O)[O-]. The van der Waals surface area contributed by atoms with Crippen LogP contribution in [0.1, 0.15) is 54.1 Å². The van der Waals surface area contributed by atoms with E-state index in [1.54, 1.807) is 0 Å². The highest BCUT2D eigenvalue weighted by molar-refractivity contribution is 7.87. The molecule has 2 rings (SSSR count). The predicted octanol–water partition coefficient (Wildman–Crippen LogP) is -0.0491. The van der Waals surface area contributed by atoms with Gasteiger partial charge in [0.15, 0.2) is 0 Å². The van der Waals surface area contributed by atoms with Crippen LogP contribution in [0.25, 0.3) is 0 Å². The van der Waals surface area contributed by atoms with Gasteiger partial charge in [-0.1, -0.05) is 19.3 Å². The van der Waals surface area contributed by atoms with Gasteiger partial charge in [0.25, 0.3) is 0 Å². The number of aromatic carboxylic acids is 1. The van der Waals surface area contributed by atoms with E-state index in [4.69, 9.17) is 5.14 Å². The lowest BCUT2D eigenvalue weighted by molar-refractivity contribution is -0.255. The Balaban J connectivity index is 2.48. The van der Waals surface area contributed by atoms with Gasteiger partial charge in [-0.05, 0) is 30.4 Å². The van der Waals surface area contributed by atoms with Crippen LogP contribution in [0.15, 0.2) is 12.3 Å². The average Bonchev–Trinajstić information content (AvgIpc) is 2.74. The van der Waals surface area contributed by atoms with Crippen LogP contribution in [-0.4, -0.2) is 18.4 Å². The van der Waals surface area contributed by atoms with Crippen molar-refractivity contribution in [3.05, 3.63) is 23.5 Å². The fraction of sp³-hybridized carbons (Fsp3) is 0.545. The molecule has 6 nitrogen and oxygen atoms in total. The first-order valence-electron chi connectivity index (χ1n) is 5.87. The summed E-state index contributed by atoms with van der Waals surface area (Å²) in [6.45, 7) is 0. The summed E-state index contributed by atoms with van der Waals surface area (Å²) in [6, 6.07) is 1.52. The maximum Gasteiger partial charge on any atom is 0.302 e. The molecule has 18 heavy (non-hydrogen) atoms. The van der Waals surface area contributed by atoms with E-state index in [-0.39, 0.29) is 11.6 Å². The van der Waals surface area contributed by atoms with Gasteiger partial charge in [0, 0.05) is 6.20 Å². The minimum atomic E-state index is -4.10. The van der Waals surface area contributed by atoms with Gasteiger partial charge < -0.3 is 9.90 Å². The maximum atomic E-state index is 11.3. The predicted molar refractivity (Wildman–Crippen MR) is 63.1 cm³/mol. The van der Waals surface area contributed by atoms with Gasteiger partial charge in [0.05, 0.1) is 11.7 Å². The minimum absolute atomic E-state index is 0.0784. The Morgan fingerprint density at radius 3 is 2.44 bits per heavy atom. The molecule has 1 aliphatic carbocycles. The van der Waals surface area contributed by atoms with Crippen LogP contribution in [0.5, 0.6) is 0 Å². The van der Waals surface area contributed by atoms with E-state index >= 15 is 0 Å². The van der Waals surface area contributed by atoms with Crippen molar-refractivity contribution in [2.75, 3.05) is 0 Å². The van der Waals surface area contributed by atoms with Gasteiger partial charge in [-0.3, -0.25) is 0 Å².